The molecule has 0 amide bonds. The van der Waals surface area contributed by atoms with Crippen LogP contribution in [0.25, 0.3) is 0 Å². The van der Waals surface area contributed by atoms with E-state index in [0.29, 0.717) is 11.5 Å². The second kappa shape index (κ2) is 4.98. The molecule has 0 aromatic heterocycles. The molecule has 1 fully saturated rings. The summed E-state index contributed by atoms with van der Waals surface area (Å²) in [6.07, 6.45) is 4.43. The van der Waals surface area contributed by atoms with Gasteiger partial charge in [-0.25, -0.2) is 0 Å². The van der Waals surface area contributed by atoms with Crippen LogP contribution in [0.1, 0.15) is 6.42 Å². The third kappa shape index (κ3) is 3.09. The van der Waals surface area contributed by atoms with Crippen molar-refractivity contribution in [3.63, 3.8) is 0 Å². The highest BCUT2D eigenvalue weighted by atomic mass is 16.5. The lowest BCUT2D eigenvalue weighted by Gasteiger charge is -2.07. The first kappa shape index (κ1) is 9.32. The predicted octanol–water partition coefficient (Wildman–Crippen LogP) is 0.0754. The molecule has 12 heavy (non-hydrogen) atoms. The predicted molar refractivity (Wildman–Crippen MR) is 50.6 cm³/mol. The minimum Gasteiger partial charge on any atom is -0.386 e. The fourth-order valence-electron chi connectivity index (χ4n) is 1.07. The summed E-state index contributed by atoms with van der Waals surface area (Å²) in [7, 11) is 7.26. The Morgan fingerprint density at radius 2 is 2.58 bits per heavy atom. The highest BCUT2D eigenvalue weighted by Crippen LogP contribution is 2.02. The van der Waals surface area contributed by atoms with E-state index >= 15 is 0 Å². The summed E-state index contributed by atoms with van der Waals surface area (Å²) >= 11 is 0. The van der Waals surface area contributed by atoms with Gasteiger partial charge < -0.3 is 10.1 Å². The summed E-state index contributed by atoms with van der Waals surface area (Å²) in [5.41, 5.74) is 0.643. The third-order valence-corrected chi connectivity index (χ3v) is 1.69. The molecule has 1 heterocycles. The average molecular weight is 164 g/mol. The maximum atomic E-state index is 5.57. The van der Waals surface area contributed by atoms with Gasteiger partial charge in [-0.2, -0.15) is 0 Å². The van der Waals surface area contributed by atoms with E-state index in [9.17, 15) is 0 Å². The van der Waals surface area contributed by atoms with E-state index in [4.69, 9.17) is 12.6 Å². The van der Waals surface area contributed by atoms with Gasteiger partial charge in [-0.05, 0) is 12.6 Å². The number of allylic oxidation sites excluding steroid dienone is 1. The van der Waals surface area contributed by atoms with Crippen molar-refractivity contribution in [2.24, 2.45) is 4.99 Å². The summed E-state index contributed by atoms with van der Waals surface area (Å²) in [5.74, 6) is 0. The molecular weight excluding hydrogens is 151 g/mol. The van der Waals surface area contributed by atoms with Gasteiger partial charge in [0.15, 0.2) is 0 Å². The van der Waals surface area contributed by atoms with Gasteiger partial charge in [-0.1, -0.05) is 5.47 Å². The molecule has 4 heteroatoms. The highest BCUT2D eigenvalue weighted by molar-refractivity contribution is 6.32. The highest BCUT2D eigenvalue weighted by Gasteiger charge is 2.12. The zero-order chi connectivity index (χ0) is 8.81. The second-order valence-electron chi connectivity index (χ2n) is 2.76. The molecule has 1 aliphatic heterocycles. The summed E-state index contributed by atoms with van der Waals surface area (Å²) < 4.78 is 5.18. The molecule has 1 rings (SSSR count). The SMILES string of the molecule is [B]/C(C=NC)=C/NC1CCOC1. The number of hydrogen-bond donors (Lipinski definition) is 1. The first-order chi connectivity index (χ1) is 5.83. The lowest BCUT2D eigenvalue weighted by atomic mass is 9.98. The summed E-state index contributed by atoms with van der Waals surface area (Å²) in [5, 5.41) is 3.16. The molecule has 0 aliphatic carbocycles. The minimum atomic E-state index is 0.411. The van der Waals surface area contributed by atoms with Gasteiger partial charge in [-0.3, -0.25) is 4.99 Å². The van der Waals surface area contributed by atoms with Crippen molar-refractivity contribution in [3.05, 3.63) is 11.7 Å². The second-order valence-corrected chi connectivity index (χ2v) is 2.76. The third-order valence-electron chi connectivity index (χ3n) is 1.69. The molecule has 0 spiro atoms. The maximum Gasteiger partial charge on any atom is 0.117 e. The van der Waals surface area contributed by atoms with Crippen molar-refractivity contribution < 1.29 is 4.74 Å². The first-order valence-corrected chi connectivity index (χ1v) is 4.04. The van der Waals surface area contributed by atoms with E-state index in [2.05, 4.69) is 10.3 Å². The molecule has 0 saturated carbocycles. The normalized spacial score (nSPS) is 25.1. The lowest BCUT2D eigenvalue weighted by Crippen LogP contribution is -2.24. The van der Waals surface area contributed by atoms with E-state index < -0.39 is 0 Å². The molecule has 2 radical (unpaired) electrons. The Hall–Kier alpha value is -0.765. The molecule has 1 aliphatic rings. The van der Waals surface area contributed by atoms with Gasteiger partial charge in [0.05, 0.1) is 12.6 Å². The Bertz CT molecular complexity index is 185. The van der Waals surface area contributed by atoms with Crippen LogP contribution < -0.4 is 5.32 Å². The number of nitrogens with zero attached hydrogens (tertiary/aromatic N) is 1. The number of aliphatic imine (C=N–C) groups is 1. The monoisotopic (exact) mass is 164 g/mol. The lowest BCUT2D eigenvalue weighted by molar-refractivity contribution is 0.191. The quantitative estimate of drug-likeness (QED) is 0.473. The van der Waals surface area contributed by atoms with Crippen LogP contribution in [0.2, 0.25) is 0 Å². The van der Waals surface area contributed by atoms with Crippen LogP contribution in [0.3, 0.4) is 0 Å². The first-order valence-electron chi connectivity index (χ1n) is 4.04. The molecule has 1 unspecified atom stereocenters. The molecule has 1 atom stereocenters. The van der Waals surface area contributed by atoms with Crippen LogP contribution in [0.5, 0.6) is 0 Å². The van der Waals surface area contributed by atoms with Gasteiger partial charge >= 0.3 is 0 Å². The molecule has 1 saturated heterocycles. The van der Waals surface area contributed by atoms with Gasteiger partial charge in [-0.15, -0.1) is 0 Å². The van der Waals surface area contributed by atoms with Crippen molar-refractivity contribution in [1.82, 2.24) is 5.32 Å². The molecule has 64 valence electrons. The van der Waals surface area contributed by atoms with Gasteiger partial charge in [0.25, 0.3) is 0 Å². The largest absolute Gasteiger partial charge is 0.386 e. The molecule has 0 bridgehead atoms. The Kier molecular flexibility index (Phi) is 3.87. The van der Waals surface area contributed by atoms with Crippen LogP contribution in [-0.2, 0) is 4.74 Å². The van der Waals surface area contributed by atoms with Gasteiger partial charge in [0.2, 0.25) is 0 Å². The topological polar surface area (TPSA) is 33.6 Å². The van der Waals surface area contributed by atoms with Crippen LogP contribution in [0, 0.1) is 0 Å². The van der Waals surface area contributed by atoms with Gasteiger partial charge in [0, 0.05) is 19.9 Å². The Labute approximate surface area is 74.3 Å². The number of nitrogens with one attached hydrogen (secondary N) is 1. The van der Waals surface area contributed by atoms with E-state index in [-0.39, 0.29) is 0 Å². The number of ether oxygens (including phenoxy) is 1. The van der Waals surface area contributed by atoms with Crippen LogP contribution in [-0.4, -0.2) is 40.4 Å². The molecule has 3 nitrogen and oxygen atoms in total. The Morgan fingerprint density at radius 3 is 3.17 bits per heavy atom. The zero-order valence-corrected chi connectivity index (χ0v) is 7.29. The van der Waals surface area contributed by atoms with Crippen molar-refractivity contribution in [1.29, 1.82) is 0 Å². The number of rotatable bonds is 3. The Morgan fingerprint density at radius 1 is 1.75 bits per heavy atom. The molecule has 0 aromatic rings. The fraction of sp³-hybridized carbons (Fsp3) is 0.625. The van der Waals surface area contributed by atoms with Crippen LogP contribution in [0.15, 0.2) is 16.7 Å². The van der Waals surface area contributed by atoms with Crippen LogP contribution >= 0.6 is 0 Å². The smallest absolute Gasteiger partial charge is 0.117 e. The zero-order valence-electron chi connectivity index (χ0n) is 7.29. The molecule has 1 N–H and O–H groups in total. The van der Waals surface area contributed by atoms with E-state index in [1.165, 1.54) is 0 Å². The minimum absolute atomic E-state index is 0.411. The van der Waals surface area contributed by atoms with Gasteiger partial charge in [0.1, 0.15) is 7.85 Å². The standard InChI is InChI=1S/C8H13BN2O/c1-10-4-7(9)5-11-8-2-3-12-6-8/h4-5,8,11H,2-3,6H2,1H3/b7-5+,10-4?. The summed E-state index contributed by atoms with van der Waals surface area (Å²) in [4.78, 5) is 3.79. The van der Waals surface area contributed by atoms with Crippen molar-refractivity contribution in [2.75, 3.05) is 20.3 Å². The summed E-state index contributed by atoms with van der Waals surface area (Å²) in [6, 6.07) is 0.411. The van der Waals surface area contributed by atoms with E-state index in [0.717, 1.165) is 19.6 Å². The maximum absolute atomic E-state index is 5.57. The fourth-order valence-corrected chi connectivity index (χ4v) is 1.07. The van der Waals surface area contributed by atoms with E-state index in [1.54, 1.807) is 19.5 Å². The van der Waals surface area contributed by atoms with E-state index in [1.807, 2.05) is 0 Å². The average Bonchev–Trinajstić information content (AvgIpc) is 2.53. The Balaban J connectivity index is 2.26. The van der Waals surface area contributed by atoms with Crippen molar-refractivity contribution in [3.8, 4) is 0 Å². The molecular formula is C8H13BN2O. The van der Waals surface area contributed by atoms with Crippen LogP contribution in [0.4, 0.5) is 0 Å². The summed E-state index contributed by atoms with van der Waals surface area (Å²) in [6.45, 7) is 1.61. The number of hydrogen-bond acceptors (Lipinski definition) is 3. The molecule has 0 aromatic carbocycles. The van der Waals surface area contributed by atoms with Crippen molar-refractivity contribution >= 4 is 14.1 Å². The van der Waals surface area contributed by atoms with Crippen molar-refractivity contribution in [2.45, 2.75) is 12.5 Å².